The summed E-state index contributed by atoms with van der Waals surface area (Å²) in [6.45, 7) is 6.92. The average molecular weight is 222 g/mol. The van der Waals surface area contributed by atoms with Crippen LogP contribution < -0.4 is 0 Å². The van der Waals surface area contributed by atoms with E-state index in [1.807, 2.05) is 0 Å². The molecule has 2 unspecified atom stereocenters. The van der Waals surface area contributed by atoms with Crippen molar-refractivity contribution in [3.63, 3.8) is 0 Å². The van der Waals surface area contributed by atoms with Crippen molar-refractivity contribution in [2.75, 3.05) is 0 Å². The van der Waals surface area contributed by atoms with Crippen LogP contribution >= 0.6 is 0 Å². The van der Waals surface area contributed by atoms with Crippen LogP contribution in [-0.2, 0) is 4.79 Å². The molecule has 0 aromatic rings. The molecule has 2 aliphatic carbocycles. The van der Waals surface area contributed by atoms with Crippen LogP contribution in [0.1, 0.15) is 65.7 Å². The summed E-state index contributed by atoms with van der Waals surface area (Å²) in [6, 6.07) is 0. The van der Waals surface area contributed by atoms with Gasteiger partial charge in [0, 0.05) is 12.3 Å². The highest BCUT2D eigenvalue weighted by Crippen LogP contribution is 2.48. The summed E-state index contributed by atoms with van der Waals surface area (Å²) in [7, 11) is 0. The van der Waals surface area contributed by atoms with Gasteiger partial charge in [-0.25, -0.2) is 0 Å². The maximum absolute atomic E-state index is 12.2. The zero-order valence-corrected chi connectivity index (χ0v) is 11.1. The summed E-state index contributed by atoms with van der Waals surface area (Å²) in [5.41, 5.74) is 0.258. The van der Waals surface area contributed by atoms with Gasteiger partial charge in [0.15, 0.2) is 0 Å². The molecule has 0 heterocycles. The molecule has 0 aromatic heterocycles. The third-order valence-corrected chi connectivity index (χ3v) is 5.19. The molecule has 0 amide bonds. The molecule has 2 rings (SSSR count). The number of rotatable bonds is 2. The summed E-state index contributed by atoms with van der Waals surface area (Å²) in [6.07, 6.45) is 8.70. The summed E-state index contributed by atoms with van der Waals surface area (Å²) in [5, 5.41) is 0. The van der Waals surface area contributed by atoms with Gasteiger partial charge in [-0.05, 0) is 42.9 Å². The van der Waals surface area contributed by atoms with Crippen LogP contribution in [0.3, 0.4) is 0 Å². The molecule has 0 saturated heterocycles. The first-order valence-corrected chi connectivity index (χ1v) is 7.04. The Labute approximate surface area is 100.0 Å². The molecule has 0 radical (unpaired) electrons. The minimum Gasteiger partial charge on any atom is -0.299 e. The third-order valence-electron chi connectivity index (χ3n) is 5.19. The number of carbonyl (C=O) groups is 1. The van der Waals surface area contributed by atoms with Gasteiger partial charge in [0.2, 0.25) is 0 Å². The zero-order chi connectivity index (χ0) is 11.8. The Hall–Kier alpha value is -0.330. The monoisotopic (exact) mass is 222 g/mol. The summed E-state index contributed by atoms with van der Waals surface area (Å²) < 4.78 is 0. The van der Waals surface area contributed by atoms with Crippen LogP contribution in [0.25, 0.3) is 0 Å². The molecule has 16 heavy (non-hydrogen) atoms. The molecule has 1 heteroatoms. The van der Waals surface area contributed by atoms with Gasteiger partial charge < -0.3 is 0 Å². The second-order valence-corrected chi connectivity index (χ2v) is 6.71. The van der Waals surface area contributed by atoms with Crippen molar-refractivity contribution in [1.82, 2.24) is 0 Å². The van der Waals surface area contributed by atoms with Crippen LogP contribution in [-0.4, -0.2) is 5.78 Å². The maximum Gasteiger partial charge on any atom is 0.136 e. The van der Waals surface area contributed by atoms with Crippen molar-refractivity contribution in [2.24, 2.45) is 23.2 Å². The van der Waals surface area contributed by atoms with Gasteiger partial charge in [0.05, 0.1) is 0 Å². The first kappa shape index (κ1) is 12.1. The van der Waals surface area contributed by atoms with Crippen LogP contribution in [0, 0.1) is 23.2 Å². The molecule has 0 aromatic carbocycles. The normalized spacial score (nSPS) is 33.3. The highest BCUT2D eigenvalue weighted by Gasteiger charge is 2.43. The number of hydrogen-bond donors (Lipinski definition) is 0. The highest BCUT2D eigenvalue weighted by molar-refractivity contribution is 5.82. The summed E-state index contributed by atoms with van der Waals surface area (Å²) in [5.74, 6) is 2.33. The minimum atomic E-state index is 0.258. The lowest BCUT2D eigenvalue weighted by Gasteiger charge is -2.41. The summed E-state index contributed by atoms with van der Waals surface area (Å²) >= 11 is 0. The van der Waals surface area contributed by atoms with Crippen molar-refractivity contribution in [3.05, 3.63) is 0 Å². The van der Waals surface area contributed by atoms with Crippen molar-refractivity contribution in [2.45, 2.75) is 65.7 Å². The lowest BCUT2D eigenvalue weighted by Crippen LogP contribution is -2.39. The highest BCUT2D eigenvalue weighted by atomic mass is 16.1. The van der Waals surface area contributed by atoms with E-state index in [-0.39, 0.29) is 5.41 Å². The predicted octanol–water partition coefficient (Wildman–Crippen LogP) is 4.21. The van der Waals surface area contributed by atoms with E-state index in [2.05, 4.69) is 20.8 Å². The lowest BCUT2D eigenvalue weighted by atomic mass is 9.62. The number of Topliss-reactive ketones (excluding diaryl/α,β-unsaturated/α-hetero) is 1. The molecule has 2 atom stereocenters. The third kappa shape index (κ3) is 2.19. The summed E-state index contributed by atoms with van der Waals surface area (Å²) in [4.78, 5) is 12.2. The number of ketones is 1. The van der Waals surface area contributed by atoms with E-state index in [0.717, 1.165) is 18.8 Å². The Balaban J connectivity index is 2.07. The number of hydrogen-bond acceptors (Lipinski definition) is 1. The second kappa shape index (κ2) is 4.50. The first-order chi connectivity index (χ1) is 7.51. The first-order valence-electron chi connectivity index (χ1n) is 7.04. The SMILES string of the molecule is CC1CCC(C(C)(C)C2CCCC2)C(=O)C1. The maximum atomic E-state index is 12.2. The smallest absolute Gasteiger partial charge is 0.136 e. The fourth-order valence-corrected chi connectivity index (χ4v) is 3.94. The molecule has 0 aliphatic heterocycles. The van der Waals surface area contributed by atoms with Gasteiger partial charge >= 0.3 is 0 Å². The van der Waals surface area contributed by atoms with E-state index in [0.29, 0.717) is 17.6 Å². The predicted molar refractivity (Wildman–Crippen MR) is 67.3 cm³/mol. The van der Waals surface area contributed by atoms with Gasteiger partial charge in [0.1, 0.15) is 5.78 Å². The fraction of sp³-hybridized carbons (Fsp3) is 0.933. The zero-order valence-electron chi connectivity index (χ0n) is 11.1. The molecule has 2 aliphatic rings. The van der Waals surface area contributed by atoms with Crippen LogP contribution in [0.4, 0.5) is 0 Å². The number of carbonyl (C=O) groups excluding carboxylic acids is 1. The van der Waals surface area contributed by atoms with Crippen molar-refractivity contribution < 1.29 is 4.79 Å². The van der Waals surface area contributed by atoms with E-state index in [4.69, 9.17) is 0 Å². The molecule has 1 nitrogen and oxygen atoms in total. The largest absolute Gasteiger partial charge is 0.299 e. The molecule has 0 bridgehead atoms. The van der Waals surface area contributed by atoms with Crippen molar-refractivity contribution in [3.8, 4) is 0 Å². The van der Waals surface area contributed by atoms with Gasteiger partial charge in [0.25, 0.3) is 0 Å². The van der Waals surface area contributed by atoms with E-state index >= 15 is 0 Å². The van der Waals surface area contributed by atoms with Gasteiger partial charge in [-0.3, -0.25) is 4.79 Å². The van der Waals surface area contributed by atoms with Crippen molar-refractivity contribution in [1.29, 1.82) is 0 Å². The quantitative estimate of drug-likeness (QED) is 0.684. The van der Waals surface area contributed by atoms with Gasteiger partial charge in [-0.2, -0.15) is 0 Å². The van der Waals surface area contributed by atoms with Gasteiger partial charge in [-0.15, -0.1) is 0 Å². The molecule has 2 saturated carbocycles. The molecular formula is C15H26O. The van der Waals surface area contributed by atoms with Crippen LogP contribution in [0.2, 0.25) is 0 Å². The van der Waals surface area contributed by atoms with Crippen LogP contribution in [0.15, 0.2) is 0 Å². The van der Waals surface area contributed by atoms with E-state index in [1.54, 1.807) is 0 Å². The van der Waals surface area contributed by atoms with Crippen molar-refractivity contribution >= 4 is 5.78 Å². The van der Waals surface area contributed by atoms with Gasteiger partial charge in [-0.1, -0.05) is 33.6 Å². The molecular weight excluding hydrogens is 196 g/mol. The minimum absolute atomic E-state index is 0.258. The van der Waals surface area contributed by atoms with E-state index < -0.39 is 0 Å². The Morgan fingerprint density at radius 1 is 1.06 bits per heavy atom. The Bertz CT molecular complexity index is 261. The average Bonchev–Trinajstić information content (AvgIpc) is 2.69. The topological polar surface area (TPSA) is 17.1 Å². The lowest BCUT2D eigenvalue weighted by molar-refractivity contribution is -0.131. The van der Waals surface area contributed by atoms with Crippen LogP contribution in [0.5, 0.6) is 0 Å². The molecule has 2 fully saturated rings. The van der Waals surface area contributed by atoms with E-state index in [9.17, 15) is 4.79 Å². The molecule has 92 valence electrons. The second-order valence-electron chi connectivity index (χ2n) is 6.71. The standard InChI is InChI=1S/C15H26O/c1-11-8-9-13(14(16)10-11)15(2,3)12-6-4-5-7-12/h11-13H,4-10H2,1-3H3. The fourth-order valence-electron chi connectivity index (χ4n) is 3.94. The molecule has 0 N–H and O–H groups in total. The van der Waals surface area contributed by atoms with E-state index in [1.165, 1.54) is 32.1 Å². The Morgan fingerprint density at radius 2 is 1.69 bits per heavy atom. The Morgan fingerprint density at radius 3 is 2.25 bits per heavy atom. The Kier molecular flexibility index (Phi) is 3.42. The molecule has 0 spiro atoms.